The van der Waals surface area contributed by atoms with E-state index in [0.717, 1.165) is 36.7 Å². The predicted octanol–water partition coefficient (Wildman–Crippen LogP) is 7.29. The Labute approximate surface area is 215 Å². The molecule has 5 rings (SSSR count). The quantitative estimate of drug-likeness (QED) is 0.414. The highest BCUT2D eigenvalue weighted by molar-refractivity contribution is 6.34. The average Bonchev–Trinajstić information content (AvgIpc) is 3.19. The highest BCUT2D eigenvalue weighted by atomic mass is 35.5. The van der Waals surface area contributed by atoms with Gasteiger partial charge in [0.05, 0.1) is 16.3 Å². The fourth-order valence-electron chi connectivity index (χ4n) is 8.46. The maximum absolute atomic E-state index is 13.4. The lowest BCUT2D eigenvalue weighted by molar-refractivity contribution is -0.147. The van der Waals surface area contributed by atoms with Crippen LogP contribution in [0.5, 0.6) is 0 Å². The number of likely N-dealkylation sites (tertiary alicyclic amines) is 1. The maximum atomic E-state index is 13.4. The topological polar surface area (TPSA) is 49.4 Å². The van der Waals surface area contributed by atoms with E-state index in [1.165, 1.54) is 31.3 Å². The number of allylic oxidation sites excluding steroid dienone is 2. The molecule has 1 heterocycles. The standard InChI is InChI=1S/C28H34ClF3N2O2/c1-15-12-17-19-6-5-10-26(19,2)11-9-20(17)27(3)14-18(25(36)34(4)23(15)27)24(35)33-22-8-7-16(13-21(22)29)28(30,31)32/h7-8,13,17-20H,5-6,9-12,14H2,1-4H3,(H,33,35)/t17-,18?,19-,20+,26-,27+/m0/s1. The van der Waals surface area contributed by atoms with Crippen molar-refractivity contribution in [2.45, 2.75) is 71.9 Å². The van der Waals surface area contributed by atoms with Crippen molar-refractivity contribution in [3.63, 3.8) is 0 Å². The smallest absolute Gasteiger partial charge is 0.324 e. The summed E-state index contributed by atoms with van der Waals surface area (Å²) < 4.78 is 39.1. The number of rotatable bonds is 2. The lowest BCUT2D eigenvalue weighted by Gasteiger charge is -2.59. The van der Waals surface area contributed by atoms with Gasteiger partial charge in [0.2, 0.25) is 11.8 Å². The number of nitrogens with zero attached hydrogens (tertiary/aromatic N) is 1. The van der Waals surface area contributed by atoms with Gasteiger partial charge in [0.15, 0.2) is 0 Å². The largest absolute Gasteiger partial charge is 0.416 e. The number of hydrogen-bond acceptors (Lipinski definition) is 2. The van der Waals surface area contributed by atoms with Crippen molar-refractivity contribution in [1.82, 2.24) is 4.90 Å². The Morgan fingerprint density at radius 1 is 1.17 bits per heavy atom. The fraction of sp³-hybridized carbons (Fsp3) is 0.643. The van der Waals surface area contributed by atoms with Crippen molar-refractivity contribution in [3.05, 3.63) is 40.1 Å². The minimum Gasteiger partial charge on any atom is -0.324 e. The van der Waals surface area contributed by atoms with Gasteiger partial charge < -0.3 is 10.2 Å². The molecule has 1 aromatic rings. The third kappa shape index (κ3) is 3.88. The molecule has 0 spiro atoms. The summed E-state index contributed by atoms with van der Waals surface area (Å²) in [4.78, 5) is 28.5. The second-order valence-corrected chi connectivity index (χ2v) is 12.5. The molecule has 4 nitrogen and oxygen atoms in total. The van der Waals surface area contributed by atoms with Gasteiger partial charge in [-0.25, -0.2) is 0 Å². The molecule has 3 fully saturated rings. The number of piperidine rings is 1. The Morgan fingerprint density at radius 3 is 2.56 bits per heavy atom. The first-order valence-corrected chi connectivity index (χ1v) is 13.3. The van der Waals surface area contributed by atoms with E-state index in [1.807, 2.05) is 0 Å². The Balaban J connectivity index is 1.44. The van der Waals surface area contributed by atoms with Gasteiger partial charge >= 0.3 is 6.18 Å². The van der Waals surface area contributed by atoms with Crippen LogP contribution in [0, 0.1) is 34.5 Å². The van der Waals surface area contributed by atoms with Crippen LogP contribution in [-0.2, 0) is 15.8 Å². The molecule has 2 saturated carbocycles. The van der Waals surface area contributed by atoms with Crippen LogP contribution in [0.1, 0.15) is 71.3 Å². The van der Waals surface area contributed by atoms with Crippen molar-refractivity contribution < 1.29 is 22.8 Å². The van der Waals surface area contributed by atoms with E-state index in [-0.39, 0.29) is 22.0 Å². The SMILES string of the molecule is CC1=C2N(C)C(=O)C(C(=O)Nc3ccc(C(F)(F)F)cc3Cl)C[C@]2(C)[C@@H]2CC[C@]3(C)CCC[C@H]3[C@@H]2C1. The predicted molar refractivity (Wildman–Crippen MR) is 133 cm³/mol. The van der Waals surface area contributed by atoms with Gasteiger partial charge in [0.1, 0.15) is 5.92 Å². The van der Waals surface area contributed by atoms with Gasteiger partial charge in [-0.2, -0.15) is 13.2 Å². The Kier molecular flexibility index (Phi) is 6.05. The molecule has 196 valence electrons. The van der Waals surface area contributed by atoms with Crippen molar-refractivity contribution in [2.75, 3.05) is 12.4 Å². The van der Waals surface area contributed by atoms with E-state index < -0.39 is 23.6 Å². The molecule has 0 bridgehead atoms. The third-order valence-electron chi connectivity index (χ3n) is 9.99. The zero-order chi connectivity index (χ0) is 26.2. The lowest BCUT2D eigenvalue weighted by atomic mass is 9.48. The second-order valence-electron chi connectivity index (χ2n) is 12.0. The van der Waals surface area contributed by atoms with Crippen LogP contribution in [0.2, 0.25) is 5.02 Å². The Hall–Kier alpha value is -2.02. The van der Waals surface area contributed by atoms with Gasteiger partial charge in [-0.1, -0.05) is 37.4 Å². The molecule has 2 amide bonds. The average molecular weight is 523 g/mol. The molecular formula is C28H34ClF3N2O2. The number of carbonyl (C=O) groups excluding carboxylic acids is 2. The molecule has 1 saturated heterocycles. The zero-order valence-corrected chi connectivity index (χ0v) is 22.0. The van der Waals surface area contributed by atoms with E-state index in [2.05, 4.69) is 26.1 Å². The number of hydrogen-bond donors (Lipinski definition) is 1. The molecule has 4 aliphatic rings. The first kappa shape index (κ1) is 25.6. The van der Waals surface area contributed by atoms with Crippen molar-refractivity contribution in [2.24, 2.45) is 34.5 Å². The molecule has 0 radical (unpaired) electrons. The normalized spacial score (nSPS) is 36.3. The molecule has 1 aromatic carbocycles. The van der Waals surface area contributed by atoms with Crippen LogP contribution in [0.15, 0.2) is 29.5 Å². The summed E-state index contributed by atoms with van der Waals surface area (Å²) in [5.41, 5.74) is 1.57. The van der Waals surface area contributed by atoms with Crippen LogP contribution < -0.4 is 5.32 Å². The van der Waals surface area contributed by atoms with E-state index in [9.17, 15) is 22.8 Å². The summed E-state index contributed by atoms with van der Waals surface area (Å²) in [5, 5.41) is 2.44. The summed E-state index contributed by atoms with van der Waals surface area (Å²) in [7, 11) is 1.76. The molecule has 8 heteroatoms. The van der Waals surface area contributed by atoms with Gasteiger partial charge in [-0.05, 0) is 86.8 Å². The Bertz CT molecular complexity index is 1150. The molecule has 6 atom stereocenters. The Morgan fingerprint density at radius 2 is 1.89 bits per heavy atom. The zero-order valence-electron chi connectivity index (χ0n) is 21.3. The summed E-state index contributed by atoms with van der Waals surface area (Å²) in [6.45, 7) is 6.80. The number of alkyl halides is 3. The maximum Gasteiger partial charge on any atom is 0.416 e. The van der Waals surface area contributed by atoms with Crippen molar-refractivity contribution >= 4 is 29.1 Å². The van der Waals surface area contributed by atoms with Crippen LogP contribution in [-0.4, -0.2) is 23.8 Å². The van der Waals surface area contributed by atoms with Gasteiger partial charge in [-0.3, -0.25) is 9.59 Å². The van der Waals surface area contributed by atoms with Gasteiger partial charge in [0.25, 0.3) is 0 Å². The molecule has 1 unspecified atom stereocenters. The lowest BCUT2D eigenvalue weighted by Crippen LogP contribution is -2.57. The van der Waals surface area contributed by atoms with Crippen LogP contribution in [0.4, 0.5) is 18.9 Å². The first-order valence-electron chi connectivity index (χ1n) is 12.9. The fourth-order valence-corrected chi connectivity index (χ4v) is 8.69. The molecular weight excluding hydrogens is 489 g/mol. The highest BCUT2D eigenvalue weighted by Crippen LogP contribution is 2.66. The number of halogens is 4. The van der Waals surface area contributed by atoms with Crippen LogP contribution >= 0.6 is 11.6 Å². The molecule has 3 aliphatic carbocycles. The van der Waals surface area contributed by atoms with E-state index in [1.54, 1.807) is 11.9 Å². The second kappa shape index (κ2) is 8.50. The minimum absolute atomic E-state index is 0.0775. The van der Waals surface area contributed by atoms with Crippen molar-refractivity contribution in [3.8, 4) is 0 Å². The van der Waals surface area contributed by atoms with Crippen LogP contribution in [0.25, 0.3) is 0 Å². The number of fused-ring (bicyclic) bond motifs is 5. The molecule has 1 aliphatic heterocycles. The highest BCUT2D eigenvalue weighted by Gasteiger charge is 2.60. The number of anilines is 1. The van der Waals surface area contributed by atoms with Crippen LogP contribution in [0.3, 0.4) is 0 Å². The summed E-state index contributed by atoms with van der Waals surface area (Å²) in [6.07, 6.45) is 2.95. The van der Waals surface area contributed by atoms with Crippen molar-refractivity contribution in [1.29, 1.82) is 0 Å². The third-order valence-corrected chi connectivity index (χ3v) is 10.3. The number of carbonyl (C=O) groups is 2. The van der Waals surface area contributed by atoms with E-state index in [4.69, 9.17) is 11.6 Å². The minimum atomic E-state index is -4.53. The number of benzene rings is 1. The van der Waals surface area contributed by atoms with E-state index in [0.29, 0.717) is 29.6 Å². The molecule has 36 heavy (non-hydrogen) atoms. The van der Waals surface area contributed by atoms with Gasteiger partial charge in [0, 0.05) is 18.2 Å². The number of amides is 2. The first-order chi connectivity index (χ1) is 16.8. The monoisotopic (exact) mass is 522 g/mol. The summed E-state index contributed by atoms with van der Waals surface area (Å²) >= 11 is 6.08. The van der Waals surface area contributed by atoms with E-state index >= 15 is 0 Å². The molecule has 1 N–H and O–H groups in total. The summed E-state index contributed by atoms with van der Waals surface area (Å²) in [6, 6.07) is 2.83. The summed E-state index contributed by atoms with van der Waals surface area (Å²) in [5.74, 6) is -0.101. The molecule has 0 aromatic heterocycles. The van der Waals surface area contributed by atoms with Gasteiger partial charge in [-0.15, -0.1) is 0 Å². The number of nitrogens with one attached hydrogen (secondary N) is 1.